The molecule has 0 fully saturated rings. The molecule has 1 aromatic heterocycles. The zero-order valence-electron chi connectivity index (χ0n) is 10.7. The number of benzene rings is 1. The number of para-hydroxylation sites is 1. The summed E-state index contributed by atoms with van der Waals surface area (Å²) in [6.45, 7) is -2.41. The fourth-order valence-electron chi connectivity index (χ4n) is 1.41. The largest absolute Gasteiger partial charge is 0.464 e. The molecule has 1 aromatic carbocycles. The Balaban J connectivity index is 2.79. The second-order valence-corrected chi connectivity index (χ2v) is 2.92. The van der Waals surface area contributed by atoms with E-state index in [0.29, 0.717) is 10.9 Å². The summed E-state index contributed by atoms with van der Waals surface area (Å²) in [6.07, 6.45) is 0. The van der Waals surface area contributed by atoms with Gasteiger partial charge in [-0.3, -0.25) is 0 Å². The predicted molar refractivity (Wildman–Crippen MR) is 54.3 cm³/mol. The lowest BCUT2D eigenvalue weighted by Crippen LogP contribution is -2.06. The molecule has 0 atom stereocenters. The predicted octanol–water partition coefficient (Wildman–Crippen LogP) is 1.96. The topological polar surface area (TPSA) is 31.2 Å². The minimum Gasteiger partial charge on any atom is -0.464 e. The first-order chi connectivity index (χ1) is 7.95. The van der Waals surface area contributed by atoms with Gasteiger partial charge in [-0.15, -0.1) is 0 Å². The molecule has 14 heavy (non-hydrogen) atoms. The average Bonchev–Trinajstić information content (AvgIpc) is 2.66. The van der Waals surface area contributed by atoms with Crippen LogP contribution in [0.3, 0.4) is 0 Å². The molecule has 3 nitrogen and oxygen atoms in total. The number of fused-ring (bicyclic) bond motifs is 1. The number of aromatic nitrogens is 1. The molecule has 0 aliphatic carbocycles. The minimum absolute atomic E-state index is 0.0358. The van der Waals surface area contributed by atoms with Crippen LogP contribution in [0.2, 0.25) is 0 Å². The van der Waals surface area contributed by atoms with Crippen LogP contribution >= 0.6 is 0 Å². The highest BCUT2D eigenvalue weighted by Crippen LogP contribution is 2.18. The average molecular weight is 192 g/mol. The molecule has 2 aromatic rings. The third-order valence-electron chi connectivity index (χ3n) is 2.11. The maximum Gasteiger partial charge on any atom is 0.354 e. The van der Waals surface area contributed by atoms with Crippen LogP contribution < -0.4 is 0 Å². The van der Waals surface area contributed by atoms with Crippen LogP contribution in [-0.4, -0.2) is 17.6 Å². The Hall–Kier alpha value is -1.77. The lowest BCUT2D eigenvalue weighted by molar-refractivity contribution is 0.0590. The van der Waals surface area contributed by atoms with Gasteiger partial charge in [-0.05, 0) is 12.1 Å². The van der Waals surface area contributed by atoms with Crippen molar-refractivity contribution in [3.63, 3.8) is 0 Å². The Bertz CT molecular complexity index is 572. The lowest BCUT2D eigenvalue weighted by atomic mass is 10.2. The summed E-state index contributed by atoms with van der Waals surface area (Å²) in [5.74, 6) is -0.655. The fourth-order valence-corrected chi connectivity index (χ4v) is 1.41. The number of esters is 1. The van der Waals surface area contributed by atoms with Gasteiger partial charge in [-0.2, -0.15) is 0 Å². The summed E-state index contributed by atoms with van der Waals surface area (Å²) < 4.78 is 28.0. The van der Waals surface area contributed by atoms with E-state index in [0.717, 1.165) is 4.57 Å². The van der Waals surface area contributed by atoms with E-state index in [-0.39, 0.29) is 5.69 Å². The highest BCUT2D eigenvalue weighted by molar-refractivity contribution is 5.95. The molecule has 0 aliphatic heterocycles. The first-order valence-corrected chi connectivity index (χ1v) is 4.14. The summed E-state index contributed by atoms with van der Waals surface area (Å²) in [6, 6.07) is 8.45. The molecule has 0 bridgehead atoms. The van der Waals surface area contributed by atoms with E-state index in [9.17, 15) is 4.79 Å². The summed E-state index contributed by atoms with van der Waals surface area (Å²) in [7, 11) is 1.23. The van der Waals surface area contributed by atoms with Crippen LogP contribution in [-0.2, 0) is 11.7 Å². The van der Waals surface area contributed by atoms with Gasteiger partial charge in [-0.1, -0.05) is 18.2 Å². The molecule has 0 amide bonds. The molecule has 3 heteroatoms. The van der Waals surface area contributed by atoms with Crippen molar-refractivity contribution < 1.29 is 13.6 Å². The van der Waals surface area contributed by atoms with Gasteiger partial charge in [0.15, 0.2) is 0 Å². The number of carbonyl (C=O) groups is 1. The van der Waals surface area contributed by atoms with Crippen LogP contribution in [0.4, 0.5) is 0 Å². The van der Waals surface area contributed by atoms with Gasteiger partial charge in [0.1, 0.15) is 5.69 Å². The maximum atomic E-state index is 11.6. The molecular weight excluding hydrogens is 178 g/mol. The Morgan fingerprint density at radius 1 is 1.50 bits per heavy atom. The van der Waals surface area contributed by atoms with Gasteiger partial charge in [0.05, 0.1) is 7.11 Å². The van der Waals surface area contributed by atoms with E-state index in [1.807, 2.05) is 0 Å². The van der Waals surface area contributed by atoms with E-state index >= 15 is 0 Å². The van der Waals surface area contributed by atoms with Gasteiger partial charge in [-0.25, -0.2) is 4.79 Å². The Kier molecular flexibility index (Phi) is 1.33. The molecule has 1 heterocycles. The number of hydrogen-bond acceptors (Lipinski definition) is 2. The van der Waals surface area contributed by atoms with Crippen molar-refractivity contribution in [2.75, 3.05) is 7.11 Å². The first kappa shape index (κ1) is 5.86. The van der Waals surface area contributed by atoms with Crippen molar-refractivity contribution in [1.29, 1.82) is 0 Å². The van der Waals surface area contributed by atoms with E-state index in [1.54, 1.807) is 24.3 Å². The van der Waals surface area contributed by atoms with Crippen molar-refractivity contribution in [3.8, 4) is 0 Å². The molecule has 72 valence electrons. The zero-order valence-corrected chi connectivity index (χ0v) is 7.65. The van der Waals surface area contributed by atoms with Crippen molar-refractivity contribution in [3.05, 3.63) is 36.0 Å². The summed E-state index contributed by atoms with van der Waals surface area (Å²) >= 11 is 0. The number of carbonyl (C=O) groups excluding carboxylic acids is 1. The fraction of sp³-hybridized carbons (Fsp3) is 0.182. The standard InChI is InChI=1S/C11H11NO2/c1-12-9-6-4-3-5-8(9)7-10(12)11(13)14-2/h3-7H,1-2H3/i1D3. The summed E-state index contributed by atoms with van der Waals surface area (Å²) in [5, 5.41) is 0.698. The van der Waals surface area contributed by atoms with Crippen molar-refractivity contribution in [1.82, 2.24) is 4.57 Å². The van der Waals surface area contributed by atoms with Crippen LogP contribution in [0, 0.1) is 0 Å². The highest BCUT2D eigenvalue weighted by atomic mass is 16.5. The van der Waals surface area contributed by atoms with Gasteiger partial charge >= 0.3 is 5.97 Å². The normalized spacial score (nSPS) is 14.5. The van der Waals surface area contributed by atoms with Gasteiger partial charge in [0, 0.05) is 22.0 Å². The van der Waals surface area contributed by atoms with Gasteiger partial charge < -0.3 is 9.30 Å². The quantitative estimate of drug-likeness (QED) is 0.647. The number of methoxy groups -OCH3 is 1. The van der Waals surface area contributed by atoms with Crippen molar-refractivity contribution in [2.24, 2.45) is 6.98 Å². The van der Waals surface area contributed by atoms with E-state index in [4.69, 9.17) is 4.11 Å². The second kappa shape index (κ2) is 3.18. The molecule has 0 saturated heterocycles. The lowest BCUT2D eigenvalue weighted by Gasteiger charge is -2.00. The van der Waals surface area contributed by atoms with Crippen LogP contribution in [0.25, 0.3) is 10.9 Å². The van der Waals surface area contributed by atoms with Gasteiger partial charge in [0.25, 0.3) is 0 Å². The summed E-state index contributed by atoms with van der Waals surface area (Å²) in [5.41, 5.74) is 0.529. The Morgan fingerprint density at radius 2 is 2.29 bits per heavy atom. The van der Waals surface area contributed by atoms with Crippen LogP contribution in [0.15, 0.2) is 30.3 Å². The maximum absolute atomic E-state index is 11.6. The number of nitrogens with zero attached hydrogens (tertiary/aromatic N) is 1. The molecule has 0 saturated carbocycles. The monoisotopic (exact) mass is 192 g/mol. The molecule has 0 unspecified atom stereocenters. The molecule has 2 rings (SSSR count). The molecule has 0 aliphatic rings. The molecule has 0 radical (unpaired) electrons. The second-order valence-electron chi connectivity index (χ2n) is 2.92. The van der Waals surface area contributed by atoms with Crippen LogP contribution in [0.1, 0.15) is 14.6 Å². The third-order valence-corrected chi connectivity index (χ3v) is 2.11. The Labute approximate surface area is 86.1 Å². The zero-order chi connectivity index (χ0) is 12.6. The van der Waals surface area contributed by atoms with E-state index < -0.39 is 12.9 Å². The van der Waals surface area contributed by atoms with Crippen molar-refractivity contribution >= 4 is 16.9 Å². The third kappa shape index (κ3) is 1.18. The smallest absolute Gasteiger partial charge is 0.354 e. The number of ether oxygens (including phenoxy) is 1. The van der Waals surface area contributed by atoms with E-state index in [1.165, 1.54) is 13.2 Å². The number of hydrogen-bond donors (Lipinski definition) is 0. The minimum atomic E-state index is -2.41. The van der Waals surface area contributed by atoms with Gasteiger partial charge in [0.2, 0.25) is 0 Å². The van der Waals surface area contributed by atoms with Crippen LogP contribution in [0.5, 0.6) is 0 Å². The molecular formula is C11H11NO2. The highest BCUT2D eigenvalue weighted by Gasteiger charge is 2.12. The Morgan fingerprint density at radius 3 is 3.00 bits per heavy atom. The molecule has 0 spiro atoms. The first-order valence-electron chi connectivity index (χ1n) is 5.64. The summed E-state index contributed by atoms with van der Waals surface area (Å²) in [4.78, 5) is 11.6. The molecule has 0 N–H and O–H groups in total. The van der Waals surface area contributed by atoms with Crippen molar-refractivity contribution in [2.45, 2.75) is 0 Å². The van der Waals surface area contributed by atoms with E-state index in [2.05, 4.69) is 4.74 Å². The number of rotatable bonds is 1. The SMILES string of the molecule is [2H]C([2H])([2H])n1c(C(=O)OC)cc2ccccc21. The number of aryl methyl sites for hydroxylation is 1.